The first-order valence-electron chi connectivity index (χ1n) is 24.6. The number of allylic oxidation sites excluding steroid dienone is 15. The fraction of sp³-hybridized carbons (Fsp3) is 0.667. The second-order valence-electron chi connectivity index (χ2n) is 16.3. The maximum absolute atomic E-state index is 13.1. The van der Waals surface area contributed by atoms with Gasteiger partial charge in [-0.2, -0.15) is 0 Å². The molecular weight excluding hydrogens is 743 g/mol. The van der Waals surface area contributed by atoms with Gasteiger partial charge in [-0.25, -0.2) is 0 Å². The maximum atomic E-state index is 13.1. The van der Waals surface area contributed by atoms with Crippen LogP contribution < -0.4 is 5.32 Å². The zero-order chi connectivity index (χ0) is 43.8. The lowest BCUT2D eigenvalue weighted by Crippen LogP contribution is -2.46. The van der Waals surface area contributed by atoms with Crippen LogP contribution in [0.15, 0.2) is 97.2 Å². The second kappa shape index (κ2) is 46.8. The molecular formula is C54H91NO5. The molecule has 60 heavy (non-hydrogen) atoms. The number of carbonyl (C=O) groups excluding carboxylic acids is 2. The van der Waals surface area contributed by atoms with E-state index in [2.05, 4.69) is 68.6 Å². The highest BCUT2D eigenvalue weighted by Crippen LogP contribution is 2.16. The van der Waals surface area contributed by atoms with E-state index in [4.69, 9.17) is 4.74 Å². The summed E-state index contributed by atoms with van der Waals surface area (Å²) in [6.07, 6.45) is 62.0. The van der Waals surface area contributed by atoms with Crippen molar-refractivity contribution in [2.75, 3.05) is 6.61 Å². The normalized spacial score (nSPS) is 14.2. The molecule has 0 aliphatic rings. The lowest BCUT2D eigenvalue weighted by atomic mass is 10.0. The molecule has 0 aliphatic heterocycles. The minimum absolute atomic E-state index is 0.0320. The number of carbonyl (C=O) groups is 2. The van der Waals surface area contributed by atoms with Crippen molar-refractivity contribution in [3.8, 4) is 0 Å². The number of aliphatic hydroxyl groups is 2. The van der Waals surface area contributed by atoms with Crippen LogP contribution in [0.1, 0.15) is 207 Å². The topological polar surface area (TPSA) is 95.9 Å². The highest BCUT2D eigenvalue weighted by atomic mass is 16.5. The Labute approximate surface area is 369 Å². The van der Waals surface area contributed by atoms with Gasteiger partial charge in [0.1, 0.15) is 6.10 Å². The molecule has 0 aromatic rings. The molecule has 0 radical (unpaired) electrons. The second-order valence-corrected chi connectivity index (χ2v) is 16.3. The highest BCUT2D eigenvalue weighted by Gasteiger charge is 2.23. The summed E-state index contributed by atoms with van der Waals surface area (Å²) in [6.45, 7) is 6.26. The molecule has 3 atom stereocenters. The number of unbranched alkanes of at least 4 members (excludes halogenated alkanes) is 21. The third kappa shape index (κ3) is 41.5. The van der Waals surface area contributed by atoms with Crippen LogP contribution in [0.25, 0.3) is 0 Å². The fourth-order valence-corrected chi connectivity index (χ4v) is 6.86. The molecule has 6 nitrogen and oxygen atoms in total. The van der Waals surface area contributed by atoms with Crippen molar-refractivity contribution in [1.82, 2.24) is 5.32 Å². The first-order chi connectivity index (χ1) is 29.5. The van der Waals surface area contributed by atoms with E-state index in [-0.39, 0.29) is 24.9 Å². The van der Waals surface area contributed by atoms with Crippen molar-refractivity contribution in [2.24, 2.45) is 0 Å². The van der Waals surface area contributed by atoms with Crippen LogP contribution in [0.2, 0.25) is 0 Å². The summed E-state index contributed by atoms with van der Waals surface area (Å²) in [6, 6.07) is -0.748. The Balaban J connectivity index is 4.71. The third-order valence-corrected chi connectivity index (χ3v) is 10.6. The molecule has 0 heterocycles. The van der Waals surface area contributed by atoms with Gasteiger partial charge >= 0.3 is 5.97 Å². The number of hydrogen-bond acceptors (Lipinski definition) is 5. The average molecular weight is 834 g/mol. The molecule has 0 aromatic heterocycles. The molecule has 0 aliphatic carbocycles. The number of rotatable bonds is 42. The summed E-state index contributed by atoms with van der Waals surface area (Å²) in [4.78, 5) is 26.0. The Hall–Kier alpha value is -3.22. The summed E-state index contributed by atoms with van der Waals surface area (Å²) >= 11 is 0. The van der Waals surface area contributed by atoms with Gasteiger partial charge in [0.05, 0.1) is 25.2 Å². The lowest BCUT2D eigenvalue weighted by molar-refractivity contribution is -0.150. The Bertz CT molecular complexity index is 1210. The number of amides is 1. The van der Waals surface area contributed by atoms with Crippen LogP contribution >= 0.6 is 0 Å². The van der Waals surface area contributed by atoms with E-state index in [1.807, 2.05) is 54.7 Å². The standard InChI is InChI=1S/C54H91NO5/c1-4-7-10-13-16-19-22-24-25-26-27-28-29-32-35-38-41-44-47-54(59)60-50(45-42-39-36-33-30-21-18-15-12-9-6-3)48-53(58)55-51(49-56)52(57)46-43-40-37-34-31-23-20-17-14-11-8-5-2/h9,12,15,18,21-22,24-28,30,33,36,39,42,50-52,56-57H,4-8,10-11,13-14,16-17,19-20,23,29,31-32,34-35,37-38,40-41,43-49H2,1-3H3,(H,55,58)/b12-9+,18-15+,24-22+,26-25+,28-27+,30-21-,36-33-,42-39+. The third-order valence-electron chi connectivity index (χ3n) is 10.6. The first kappa shape index (κ1) is 56.8. The zero-order valence-corrected chi connectivity index (χ0v) is 38.8. The summed E-state index contributed by atoms with van der Waals surface area (Å²) < 4.78 is 5.82. The molecule has 1 amide bonds. The minimum Gasteiger partial charge on any atom is -0.461 e. The largest absolute Gasteiger partial charge is 0.461 e. The summed E-state index contributed by atoms with van der Waals surface area (Å²) in [5, 5.41) is 23.6. The SMILES string of the molecule is CC/C=C/C=C/C=C\C=C/C=C/CC(CC(=O)NC(CO)C(O)CCCCCCCCCCCCCC)OC(=O)CCCCCCC/C=C/C=C/C=C/CCCCCCC. The van der Waals surface area contributed by atoms with Crippen molar-refractivity contribution in [1.29, 1.82) is 0 Å². The van der Waals surface area contributed by atoms with E-state index in [1.165, 1.54) is 89.9 Å². The van der Waals surface area contributed by atoms with Crippen molar-refractivity contribution in [3.63, 3.8) is 0 Å². The van der Waals surface area contributed by atoms with E-state index in [1.54, 1.807) is 0 Å². The smallest absolute Gasteiger partial charge is 0.306 e. The van der Waals surface area contributed by atoms with Crippen LogP contribution in [0.4, 0.5) is 0 Å². The van der Waals surface area contributed by atoms with Gasteiger partial charge in [0, 0.05) is 12.8 Å². The minimum atomic E-state index is -0.825. The van der Waals surface area contributed by atoms with Crippen LogP contribution in [0, 0.1) is 0 Å². The molecule has 0 bridgehead atoms. The number of hydrogen-bond donors (Lipinski definition) is 3. The van der Waals surface area contributed by atoms with Crippen molar-refractivity contribution >= 4 is 11.9 Å². The predicted octanol–water partition coefficient (Wildman–Crippen LogP) is 14.6. The first-order valence-corrected chi connectivity index (χ1v) is 24.6. The quantitative estimate of drug-likeness (QED) is 0.0323. The number of aliphatic hydroxyl groups excluding tert-OH is 2. The summed E-state index contributed by atoms with van der Waals surface area (Å²) in [5.74, 6) is -0.639. The number of esters is 1. The van der Waals surface area contributed by atoms with Crippen LogP contribution in [0.3, 0.4) is 0 Å². The van der Waals surface area contributed by atoms with Crippen LogP contribution in [-0.4, -0.2) is 46.9 Å². The Morgan fingerprint density at radius 1 is 0.517 bits per heavy atom. The molecule has 0 spiro atoms. The van der Waals surface area contributed by atoms with E-state index < -0.39 is 18.2 Å². The van der Waals surface area contributed by atoms with Gasteiger partial charge in [-0.3, -0.25) is 9.59 Å². The van der Waals surface area contributed by atoms with Crippen molar-refractivity contribution in [2.45, 2.75) is 225 Å². The molecule has 0 saturated carbocycles. The van der Waals surface area contributed by atoms with Gasteiger partial charge in [0.15, 0.2) is 0 Å². The van der Waals surface area contributed by atoms with E-state index in [0.717, 1.165) is 70.6 Å². The van der Waals surface area contributed by atoms with E-state index >= 15 is 0 Å². The van der Waals surface area contributed by atoms with Crippen LogP contribution in [-0.2, 0) is 14.3 Å². The van der Waals surface area contributed by atoms with Gasteiger partial charge in [0.25, 0.3) is 0 Å². The van der Waals surface area contributed by atoms with Crippen LogP contribution in [0.5, 0.6) is 0 Å². The molecule has 0 saturated heterocycles. The summed E-state index contributed by atoms with van der Waals surface area (Å²) in [5.41, 5.74) is 0. The molecule has 342 valence electrons. The Morgan fingerprint density at radius 3 is 1.42 bits per heavy atom. The molecule has 3 N–H and O–H groups in total. The van der Waals surface area contributed by atoms with Crippen molar-refractivity contribution in [3.05, 3.63) is 97.2 Å². The zero-order valence-electron chi connectivity index (χ0n) is 38.8. The lowest BCUT2D eigenvalue weighted by Gasteiger charge is -2.24. The van der Waals surface area contributed by atoms with Gasteiger partial charge in [-0.1, -0.05) is 240 Å². The molecule has 0 rings (SSSR count). The highest BCUT2D eigenvalue weighted by molar-refractivity contribution is 5.77. The van der Waals surface area contributed by atoms with Crippen molar-refractivity contribution < 1.29 is 24.5 Å². The Kier molecular flexibility index (Phi) is 44.3. The monoisotopic (exact) mass is 834 g/mol. The van der Waals surface area contributed by atoms with Gasteiger partial charge in [-0.05, 0) is 44.9 Å². The maximum Gasteiger partial charge on any atom is 0.306 e. The average Bonchev–Trinajstić information content (AvgIpc) is 3.24. The summed E-state index contributed by atoms with van der Waals surface area (Å²) in [7, 11) is 0. The molecule has 6 heteroatoms. The van der Waals surface area contributed by atoms with E-state index in [9.17, 15) is 19.8 Å². The van der Waals surface area contributed by atoms with Gasteiger partial charge < -0.3 is 20.3 Å². The molecule has 0 aromatic carbocycles. The Morgan fingerprint density at radius 2 is 0.933 bits per heavy atom. The van der Waals surface area contributed by atoms with E-state index in [0.29, 0.717) is 19.3 Å². The van der Waals surface area contributed by atoms with Gasteiger partial charge in [-0.15, -0.1) is 0 Å². The molecule has 3 unspecified atom stereocenters. The number of ether oxygens (including phenoxy) is 1. The fourth-order valence-electron chi connectivity index (χ4n) is 6.86. The molecule has 0 fully saturated rings. The van der Waals surface area contributed by atoms with Gasteiger partial charge in [0.2, 0.25) is 5.91 Å². The predicted molar refractivity (Wildman–Crippen MR) is 259 cm³/mol. The number of nitrogens with one attached hydrogen (secondary N) is 1.